The Morgan fingerprint density at radius 2 is 2.33 bits per heavy atom. The molecule has 0 aromatic heterocycles. The third kappa shape index (κ3) is 1.46. The number of nitrogens with zero attached hydrogens (tertiary/aromatic N) is 2. The van der Waals surface area contributed by atoms with Crippen molar-refractivity contribution in [1.29, 1.82) is 5.26 Å². The van der Waals surface area contributed by atoms with Gasteiger partial charge in [-0.05, 0) is 12.1 Å². The van der Waals surface area contributed by atoms with Gasteiger partial charge in [-0.2, -0.15) is 5.26 Å². The van der Waals surface area contributed by atoms with Crippen molar-refractivity contribution < 1.29 is 9.53 Å². The van der Waals surface area contributed by atoms with Gasteiger partial charge in [0.1, 0.15) is 6.07 Å². The van der Waals surface area contributed by atoms with Gasteiger partial charge in [-0.25, -0.2) is 0 Å². The van der Waals surface area contributed by atoms with Gasteiger partial charge in [0, 0.05) is 7.05 Å². The van der Waals surface area contributed by atoms with Gasteiger partial charge in [0.15, 0.2) is 0 Å². The molecule has 0 spiro atoms. The molecule has 0 radical (unpaired) electrons. The van der Waals surface area contributed by atoms with Crippen LogP contribution in [0, 0.1) is 17.2 Å². The molecule has 2 aliphatic rings. The SMILES string of the molecule is CN1c2cccc(C#N)c2NC(=O)C2COCC21. The first-order chi connectivity index (χ1) is 8.72. The van der Waals surface area contributed by atoms with Crippen LogP contribution in [0.1, 0.15) is 5.56 Å². The molecule has 1 aromatic rings. The maximum Gasteiger partial charge on any atom is 0.232 e. The van der Waals surface area contributed by atoms with E-state index in [1.165, 1.54) is 0 Å². The minimum atomic E-state index is -0.172. The minimum Gasteiger partial charge on any atom is -0.378 e. The highest BCUT2D eigenvalue weighted by molar-refractivity contribution is 6.00. The molecule has 0 saturated carbocycles. The number of hydrogen-bond donors (Lipinski definition) is 1. The average molecular weight is 243 g/mol. The van der Waals surface area contributed by atoms with E-state index < -0.39 is 0 Å². The second kappa shape index (κ2) is 4.00. The summed E-state index contributed by atoms with van der Waals surface area (Å²) in [7, 11) is 1.94. The molecule has 1 fully saturated rings. The number of hydrogen-bond acceptors (Lipinski definition) is 4. The third-order valence-electron chi connectivity index (χ3n) is 3.68. The highest BCUT2D eigenvalue weighted by Gasteiger charge is 2.40. The first-order valence-corrected chi connectivity index (χ1v) is 5.87. The fourth-order valence-electron chi connectivity index (χ4n) is 2.63. The number of anilines is 2. The molecule has 2 heterocycles. The average Bonchev–Trinajstić information content (AvgIpc) is 2.84. The van der Waals surface area contributed by atoms with Crippen LogP contribution in [0.15, 0.2) is 18.2 Å². The normalized spacial score (nSPS) is 25.8. The predicted molar refractivity (Wildman–Crippen MR) is 66.3 cm³/mol. The number of amides is 1. The number of rotatable bonds is 0. The van der Waals surface area contributed by atoms with E-state index in [1.807, 2.05) is 24.1 Å². The summed E-state index contributed by atoms with van der Waals surface area (Å²) in [4.78, 5) is 14.2. The Kier molecular flexibility index (Phi) is 2.46. The van der Waals surface area contributed by atoms with Crippen LogP contribution in [-0.2, 0) is 9.53 Å². The van der Waals surface area contributed by atoms with Gasteiger partial charge in [-0.15, -0.1) is 0 Å². The summed E-state index contributed by atoms with van der Waals surface area (Å²) in [5.41, 5.74) is 1.98. The molecule has 1 amide bonds. The fraction of sp³-hybridized carbons (Fsp3) is 0.385. The standard InChI is InChI=1S/C13H13N3O2/c1-16-10-4-2-3-8(5-14)12(10)15-13(17)9-6-18-7-11(9)16/h2-4,9,11H,6-7H2,1H3,(H,15,17). The van der Waals surface area contributed by atoms with Crippen LogP contribution in [-0.4, -0.2) is 32.2 Å². The smallest absolute Gasteiger partial charge is 0.232 e. The van der Waals surface area contributed by atoms with Crippen molar-refractivity contribution >= 4 is 17.3 Å². The van der Waals surface area contributed by atoms with Crippen molar-refractivity contribution in [3.63, 3.8) is 0 Å². The number of nitriles is 1. The van der Waals surface area contributed by atoms with E-state index in [2.05, 4.69) is 11.4 Å². The highest BCUT2D eigenvalue weighted by atomic mass is 16.5. The van der Waals surface area contributed by atoms with Gasteiger partial charge in [-0.1, -0.05) is 6.07 Å². The van der Waals surface area contributed by atoms with E-state index in [1.54, 1.807) is 6.07 Å². The van der Waals surface area contributed by atoms with Gasteiger partial charge in [0.25, 0.3) is 0 Å². The van der Waals surface area contributed by atoms with E-state index in [-0.39, 0.29) is 17.9 Å². The predicted octanol–water partition coefficient (Wildman–Crippen LogP) is 0.962. The molecule has 3 rings (SSSR count). The number of benzene rings is 1. The Morgan fingerprint density at radius 3 is 3.11 bits per heavy atom. The number of carbonyl (C=O) groups is 1. The lowest BCUT2D eigenvalue weighted by Gasteiger charge is -2.26. The molecule has 2 atom stereocenters. The molecule has 0 bridgehead atoms. The van der Waals surface area contributed by atoms with Crippen LogP contribution >= 0.6 is 0 Å². The molecule has 2 unspecified atom stereocenters. The molecule has 1 saturated heterocycles. The van der Waals surface area contributed by atoms with Crippen molar-refractivity contribution in [2.75, 3.05) is 30.5 Å². The fourth-order valence-corrected chi connectivity index (χ4v) is 2.63. The van der Waals surface area contributed by atoms with Crippen LogP contribution in [0.3, 0.4) is 0 Å². The molecule has 1 N–H and O–H groups in total. The minimum absolute atomic E-state index is 0.0418. The van der Waals surface area contributed by atoms with Gasteiger partial charge >= 0.3 is 0 Å². The molecule has 92 valence electrons. The lowest BCUT2D eigenvalue weighted by Crippen LogP contribution is -2.40. The molecule has 5 heteroatoms. The van der Waals surface area contributed by atoms with Crippen molar-refractivity contribution in [1.82, 2.24) is 0 Å². The largest absolute Gasteiger partial charge is 0.378 e. The van der Waals surface area contributed by atoms with E-state index in [0.29, 0.717) is 24.5 Å². The molecule has 2 aliphatic heterocycles. The van der Waals surface area contributed by atoms with Crippen molar-refractivity contribution in [3.05, 3.63) is 23.8 Å². The summed E-state index contributed by atoms with van der Waals surface area (Å²) in [5.74, 6) is -0.236. The van der Waals surface area contributed by atoms with Crippen molar-refractivity contribution in [2.24, 2.45) is 5.92 Å². The number of likely N-dealkylation sites (N-methyl/N-ethyl adjacent to an activating group) is 1. The van der Waals surface area contributed by atoms with Crippen LogP contribution in [0.5, 0.6) is 0 Å². The monoisotopic (exact) mass is 243 g/mol. The van der Waals surface area contributed by atoms with Crippen LogP contribution in [0.4, 0.5) is 11.4 Å². The summed E-state index contributed by atoms with van der Waals surface area (Å²) in [6.45, 7) is 0.988. The highest BCUT2D eigenvalue weighted by Crippen LogP contribution is 2.36. The van der Waals surface area contributed by atoms with E-state index in [4.69, 9.17) is 10.00 Å². The number of fused-ring (bicyclic) bond motifs is 2. The quantitative estimate of drug-likeness (QED) is 0.737. The summed E-state index contributed by atoms with van der Waals surface area (Å²) in [6, 6.07) is 7.62. The first-order valence-electron chi connectivity index (χ1n) is 5.87. The lowest BCUT2D eigenvalue weighted by atomic mass is 10.0. The van der Waals surface area contributed by atoms with Gasteiger partial charge in [-0.3, -0.25) is 4.79 Å². The summed E-state index contributed by atoms with van der Waals surface area (Å²) >= 11 is 0. The number of carbonyl (C=O) groups excluding carboxylic acids is 1. The third-order valence-corrected chi connectivity index (χ3v) is 3.68. The molecular weight excluding hydrogens is 230 g/mol. The zero-order valence-electron chi connectivity index (χ0n) is 10.0. The molecule has 5 nitrogen and oxygen atoms in total. The van der Waals surface area contributed by atoms with Gasteiger partial charge < -0.3 is 15.0 Å². The number of ether oxygens (including phenoxy) is 1. The van der Waals surface area contributed by atoms with Crippen molar-refractivity contribution in [2.45, 2.75) is 6.04 Å². The second-order valence-corrected chi connectivity index (χ2v) is 4.62. The zero-order chi connectivity index (χ0) is 12.7. The summed E-state index contributed by atoms with van der Waals surface area (Å²) in [6.07, 6.45) is 0. The number of nitrogens with one attached hydrogen (secondary N) is 1. The van der Waals surface area contributed by atoms with E-state index >= 15 is 0 Å². The zero-order valence-corrected chi connectivity index (χ0v) is 10.0. The van der Waals surface area contributed by atoms with Crippen LogP contribution in [0.25, 0.3) is 0 Å². The van der Waals surface area contributed by atoms with Gasteiger partial charge in [0.2, 0.25) is 5.91 Å². The van der Waals surface area contributed by atoms with E-state index in [9.17, 15) is 4.79 Å². The summed E-state index contributed by atoms with van der Waals surface area (Å²) < 4.78 is 5.39. The maximum atomic E-state index is 12.1. The Hall–Kier alpha value is -2.06. The molecular formula is C13H13N3O2. The van der Waals surface area contributed by atoms with Crippen molar-refractivity contribution in [3.8, 4) is 6.07 Å². The van der Waals surface area contributed by atoms with E-state index in [0.717, 1.165) is 5.69 Å². The summed E-state index contributed by atoms with van der Waals surface area (Å²) in [5, 5.41) is 12.0. The van der Waals surface area contributed by atoms with Gasteiger partial charge in [0.05, 0.1) is 42.1 Å². The lowest BCUT2D eigenvalue weighted by molar-refractivity contribution is -0.120. The Labute approximate surface area is 105 Å². The maximum absolute atomic E-state index is 12.1. The van der Waals surface area contributed by atoms with Crippen LogP contribution in [0.2, 0.25) is 0 Å². The van der Waals surface area contributed by atoms with Crippen LogP contribution < -0.4 is 10.2 Å². The Morgan fingerprint density at radius 1 is 1.50 bits per heavy atom. The molecule has 0 aliphatic carbocycles. The Bertz CT molecular complexity index is 550. The number of para-hydroxylation sites is 1. The molecule has 1 aromatic carbocycles. The Balaban J connectivity index is 2.14. The first kappa shape index (κ1) is 11.1. The second-order valence-electron chi connectivity index (χ2n) is 4.62. The topological polar surface area (TPSA) is 65.4 Å². The molecule has 18 heavy (non-hydrogen) atoms.